The van der Waals surface area contributed by atoms with Gasteiger partial charge in [0.1, 0.15) is 0 Å². The number of aromatic nitrogens is 2. The molecule has 6 rings (SSSR count). The first-order chi connectivity index (χ1) is 24.5. The molecule has 0 radical (unpaired) electrons. The van der Waals surface area contributed by atoms with E-state index in [0.29, 0.717) is 12.5 Å². The van der Waals surface area contributed by atoms with Crippen molar-refractivity contribution >= 4 is 21.8 Å². The third-order valence-corrected chi connectivity index (χ3v) is 8.06. The zero-order valence-corrected chi connectivity index (χ0v) is 32.1. The molecule has 0 saturated carbocycles. The Morgan fingerprint density at radius 2 is 1.32 bits per heavy atom. The molecule has 6 aromatic rings. The number of alkyl halides is 6. The van der Waals surface area contributed by atoms with Crippen LogP contribution < -0.4 is 0 Å². The number of nitrogens with zero attached hydrogens (tertiary/aromatic N) is 2. The van der Waals surface area contributed by atoms with Crippen LogP contribution in [0.4, 0.5) is 26.3 Å². The summed E-state index contributed by atoms with van der Waals surface area (Å²) in [5.74, 6) is 0.233. The second-order valence-electron chi connectivity index (χ2n) is 12.9. The standard InChI is InChI=1S/C27H29NO2.C13H6F6N.C2H6.Pt/c1-27(2,3)26(30)18-21(29)17-14-19-12-15-20(16-13-19)28-24-10-6-4-8-22(24)23-9-5-7-11-25(23)28;14-12(15,16)9-5-8(11-3-1-2-4-20-11)6-10(7-9)13(17,18)19;1-2;/h4-13,15-16,18,21,29-30H,14,17H2,1-3H3;1-5,7H;1-2H3;/q;-1;;. The summed E-state index contributed by atoms with van der Waals surface area (Å²) in [5.41, 5.74) is 1.12. The number of hydrogen-bond donors (Lipinski definition) is 2. The van der Waals surface area contributed by atoms with Crippen molar-refractivity contribution in [3.8, 4) is 16.9 Å². The third kappa shape index (κ3) is 11.1. The molecule has 0 aliphatic heterocycles. The molecular formula is C42H41F6N2O2Pt-. The SMILES string of the molecule is CC.CC(C)(C)C(O)=CC(O)CCc1ccc(-n2c3ccccc3c3ccccc32)cc1.FC(F)(F)c1[c-]c(-c2ccccn2)cc(C(F)(F)F)c1.[Pt]. The minimum absolute atomic E-state index is 0. The van der Waals surface area contributed by atoms with Crippen LogP contribution in [0.1, 0.15) is 57.7 Å². The maximum absolute atomic E-state index is 12.7. The van der Waals surface area contributed by atoms with Crippen LogP contribution in [0.2, 0.25) is 0 Å². The number of para-hydroxylation sites is 2. The molecule has 0 fully saturated rings. The molecule has 4 aromatic carbocycles. The smallest absolute Gasteiger partial charge is 0.399 e. The van der Waals surface area contributed by atoms with Crippen LogP contribution in [0, 0.1) is 11.5 Å². The molecule has 2 N–H and O–H groups in total. The zero-order valence-electron chi connectivity index (χ0n) is 29.8. The van der Waals surface area contributed by atoms with Gasteiger partial charge < -0.3 is 19.8 Å². The quantitative estimate of drug-likeness (QED) is 0.0994. The average Bonchev–Trinajstić information content (AvgIpc) is 3.45. The Morgan fingerprint density at radius 1 is 0.774 bits per heavy atom. The van der Waals surface area contributed by atoms with Crippen molar-refractivity contribution in [3.05, 3.63) is 144 Å². The monoisotopic (exact) mass is 914 g/mol. The van der Waals surface area contributed by atoms with E-state index in [2.05, 4.69) is 82.3 Å². The third-order valence-electron chi connectivity index (χ3n) is 8.06. The van der Waals surface area contributed by atoms with Gasteiger partial charge in [0.2, 0.25) is 0 Å². The summed E-state index contributed by atoms with van der Waals surface area (Å²) in [4.78, 5) is 3.73. The predicted molar refractivity (Wildman–Crippen MR) is 195 cm³/mol. The van der Waals surface area contributed by atoms with E-state index in [1.807, 2.05) is 40.7 Å². The fraction of sp³-hybridized carbons (Fsp3) is 0.262. The number of rotatable bonds is 6. The molecule has 1 unspecified atom stereocenters. The first-order valence-electron chi connectivity index (χ1n) is 16.8. The fourth-order valence-electron chi connectivity index (χ4n) is 5.39. The molecular weight excluding hydrogens is 874 g/mol. The van der Waals surface area contributed by atoms with Crippen LogP contribution in [0.3, 0.4) is 0 Å². The van der Waals surface area contributed by atoms with Gasteiger partial charge in [-0.3, -0.25) is 0 Å². The summed E-state index contributed by atoms with van der Waals surface area (Å²) in [6.07, 6.45) is -6.27. The van der Waals surface area contributed by atoms with E-state index >= 15 is 0 Å². The fourth-order valence-corrected chi connectivity index (χ4v) is 5.39. The number of aliphatic hydroxyl groups excluding tert-OH is 2. The van der Waals surface area contributed by atoms with Gasteiger partial charge >= 0.3 is 12.4 Å². The van der Waals surface area contributed by atoms with Gasteiger partial charge in [-0.05, 0) is 71.6 Å². The van der Waals surface area contributed by atoms with E-state index in [1.165, 1.54) is 51.8 Å². The van der Waals surface area contributed by atoms with Gasteiger partial charge in [0.15, 0.2) is 0 Å². The molecule has 284 valence electrons. The van der Waals surface area contributed by atoms with Gasteiger partial charge in [-0.15, -0.1) is 23.8 Å². The molecule has 0 spiro atoms. The minimum atomic E-state index is -4.91. The van der Waals surface area contributed by atoms with Gasteiger partial charge in [0, 0.05) is 49.1 Å². The van der Waals surface area contributed by atoms with E-state index in [1.54, 1.807) is 6.08 Å². The van der Waals surface area contributed by atoms with Crippen LogP contribution in [-0.2, 0) is 39.8 Å². The Kier molecular flexibility index (Phi) is 14.7. The van der Waals surface area contributed by atoms with Crippen molar-refractivity contribution in [2.75, 3.05) is 0 Å². The molecule has 0 aliphatic carbocycles. The molecule has 0 aliphatic rings. The van der Waals surface area contributed by atoms with E-state index in [0.717, 1.165) is 12.1 Å². The summed E-state index contributed by atoms with van der Waals surface area (Å²) in [6, 6.07) is 32.3. The molecule has 2 aromatic heterocycles. The Bertz CT molecular complexity index is 2010. The van der Waals surface area contributed by atoms with Gasteiger partial charge in [0.25, 0.3) is 0 Å². The number of hydrogen-bond acceptors (Lipinski definition) is 3. The summed E-state index contributed by atoms with van der Waals surface area (Å²) < 4.78 is 78.1. The van der Waals surface area contributed by atoms with Crippen molar-refractivity contribution in [2.24, 2.45) is 5.41 Å². The van der Waals surface area contributed by atoms with Crippen molar-refractivity contribution in [3.63, 3.8) is 0 Å². The number of aryl methyl sites for hydroxylation is 1. The van der Waals surface area contributed by atoms with Crippen LogP contribution in [0.25, 0.3) is 38.8 Å². The maximum atomic E-state index is 12.7. The number of allylic oxidation sites excluding steroid dienone is 1. The molecule has 4 nitrogen and oxygen atoms in total. The Labute approximate surface area is 320 Å². The average molecular weight is 915 g/mol. The van der Waals surface area contributed by atoms with Crippen molar-refractivity contribution < 1.29 is 57.6 Å². The molecule has 2 heterocycles. The summed E-state index contributed by atoms with van der Waals surface area (Å²) in [6.45, 7) is 9.79. The van der Waals surface area contributed by atoms with Crippen LogP contribution >= 0.6 is 0 Å². The van der Waals surface area contributed by atoms with E-state index in [-0.39, 0.29) is 49.6 Å². The van der Waals surface area contributed by atoms with Gasteiger partial charge in [0.05, 0.1) is 22.9 Å². The summed E-state index contributed by atoms with van der Waals surface area (Å²) >= 11 is 0. The first kappa shape index (κ1) is 43.0. The van der Waals surface area contributed by atoms with Crippen molar-refractivity contribution in [2.45, 2.75) is 65.9 Å². The Balaban J connectivity index is 0.000000287. The van der Waals surface area contributed by atoms with E-state index in [4.69, 9.17) is 0 Å². The molecule has 53 heavy (non-hydrogen) atoms. The number of halogens is 6. The molecule has 1 atom stereocenters. The van der Waals surface area contributed by atoms with Crippen molar-refractivity contribution in [1.82, 2.24) is 9.55 Å². The molecule has 0 amide bonds. The molecule has 0 saturated heterocycles. The van der Waals surface area contributed by atoms with Gasteiger partial charge in [-0.25, -0.2) is 0 Å². The van der Waals surface area contributed by atoms with Crippen molar-refractivity contribution in [1.29, 1.82) is 0 Å². The van der Waals surface area contributed by atoms with E-state index < -0.39 is 29.6 Å². The molecule has 0 bridgehead atoms. The maximum Gasteiger partial charge on any atom is 0.399 e. The minimum Gasteiger partial charge on any atom is -0.512 e. The number of pyridine rings is 1. The second kappa shape index (κ2) is 18.1. The van der Waals surface area contributed by atoms with Crippen LogP contribution in [0.5, 0.6) is 0 Å². The summed E-state index contributed by atoms with van der Waals surface area (Å²) in [7, 11) is 0. The first-order valence-corrected chi connectivity index (χ1v) is 16.8. The Hall–Kier alpha value is -4.40. The number of benzene rings is 4. The topological polar surface area (TPSA) is 58.3 Å². The van der Waals surface area contributed by atoms with Crippen LogP contribution in [0.15, 0.2) is 121 Å². The zero-order chi connectivity index (χ0) is 38.3. The Morgan fingerprint density at radius 3 is 1.81 bits per heavy atom. The van der Waals surface area contributed by atoms with Gasteiger partial charge in [-0.1, -0.05) is 95.3 Å². The molecule has 11 heteroatoms. The number of fused-ring (bicyclic) bond motifs is 3. The second-order valence-corrected chi connectivity index (χ2v) is 12.9. The van der Waals surface area contributed by atoms with Gasteiger partial charge in [-0.2, -0.15) is 26.3 Å². The van der Waals surface area contributed by atoms with Crippen LogP contribution in [-0.4, -0.2) is 25.9 Å². The van der Waals surface area contributed by atoms with E-state index in [9.17, 15) is 36.6 Å². The number of aliphatic hydroxyl groups is 2. The summed E-state index contributed by atoms with van der Waals surface area (Å²) in [5, 5.41) is 22.8. The largest absolute Gasteiger partial charge is 0.512 e. The predicted octanol–water partition coefficient (Wildman–Crippen LogP) is 12.2. The normalized spacial score (nSPS) is 12.6.